The standard InChI is InChI=1S/C15H26N2O3/c1-10-4-3-5-13(8-10)17(2)15(20)16-12-7-6-11(9-12)14(18)19/h10-13H,3-9H2,1-2H3,(H,16,20)(H,18,19). The first kappa shape index (κ1) is 15.1. The quantitative estimate of drug-likeness (QED) is 0.835. The van der Waals surface area contributed by atoms with Crippen LogP contribution in [0, 0.1) is 11.8 Å². The Balaban J connectivity index is 1.81. The molecular weight excluding hydrogens is 256 g/mol. The van der Waals surface area contributed by atoms with E-state index < -0.39 is 5.97 Å². The van der Waals surface area contributed by atoms with Crippen LogP contribution in [0.2, 0.25) is 0 Å². The first-order chi connectivity index (χ1) is 9.47. The Morgan fingerprint density at radius 3 is 2.50 bits per heavy atom. The van der Waals surface area contributed by atoms with E-state index in [0.29, 0.717) is 24.8 Å². The summed E-state index contributed by atoms with van der Waals surface area (Å²) in [5, 5.41) is 12.0. The van der Waals surface area contributed by atoms with Crippen molar-refractivity contribution in [1.29, 1.82) is 0 Å². The summed E-state index contributed by atoms with van der Waals surface area (Å²) >= 11 is 0. The monoisotopic (exact) mass is 282 g/mol. The van der Waals surface area contributed by atoms with Gasteiger partial charge in [-0.25, -0.2) is 4.79 Å². The number of nitrogens with zero attached hydrogens (tertiary/aromatic N) is 1. The van der Waals surface area contributed by atoms with Crippen LogP contribution in [-0.4, -0.2) is 41.1 Å². The molecule has 114 valence electrons. The summed E-state index contributed by atoms with van der Waals surface area (Å²) in [5.74, 6) is -0.344. The minimum absolute atomic E-state index is 0.0204. The van der Waals surface area contributed by atoms with E-state index in [2.05, 4.69) is 12.2 Å². The highest BCUT2D eigenvalue weighted by Crippen LogP contribution is 2.28. The molecule has 0 aromatic heterocycles. The molecule has 20 heavy (non-hydrogen) atoms. The smallest absolute Gasteiger partial charge is 0.317 e. The Kier molecular flexibility index (Phi) is 4.89. The molecule has 4 atom stereocenters. The van der Waals surface area contributed by atoms with E-state index in [9.17, 15) is 9.59 Å². The molecule has 0 spiro atoms. The van der Waals surface area contributed by atoms with Crippen LogP contribution in [0.5, 0.6) is 0 Å². The van der Waals surface area contributed by atoms with E-state index in [1.165, 1.54) is 12.8 Å². The Morgan fingerprint density at radius 2 is 1.90 bits per heavy atom. The molecule has 0 aromatic carbocycles. The van der Waals surface area contributed by atoms with Gasteiger partial charge in [0.25, 0.3) is 0 Å². The number of aliphatic carboxylic acids is 1. The number of urea groups is 1. The number of carbonyl (C=O) groups excluding carboxylic acids is 1. The van der Waals surface area contributed by atoms with Gasteiger partial charge in [-0.3, -0.25) is 4.79 Å². The number of carboxylic acids is 1. The van der Waals surface area contributed by atoms with Crippen LogP contribution < -0.4 is 5.32 Å². The Hall–Kier alpha value is -1.26. The van der Waals surface area contributed by atoms with Gasteiger partial charge in [0.05, 0.1) is 5.92 Å². The van der Waals surface area contributed by atoms with Gasteiger partial charge >= 0.3 is 12.0 Å². The largest absolute Gasteiger partial charge is 0.481 e. The van der Waals surface area contributed by atoms with Crippen molar-refractivity contribution >= 4 is 12.0 Å². The van der Waals surface area contributed by atoms with Crippen molar-refractivity contribution in [1.82, 2.24) is 10.2 Å². The summed E-state index contributed by atoms with van der Waals surface area (Å²) in [6.45, 7) is 2.24. The molecule has 4 unspecified atom stereocenters. The fraction of sp³-hybridized carbons (Fsp3) is 0.867. The molecule has 5 heteroatoms. The van der Waals surface area contributed by atoms with Gasteiger partial charge in [-0.05, 0) is 38.0 Å². The summed E-state index contributed by atoms with van der Waals surface area (Å²) in [6, 6.07) is 0.308. The van der Waals surface area contributed by atoms with Crippen molar-refractivity contribution in [2.24, 2.45) is 11.8 Å². The lowest BCUT2D eigenvalue weighted by atomic mass is 9.86. The third-order valence-electron chi connectivity index (χ3n) is 4.89. The minimum atomic E-state index is -0.740. The predicted octanol–water partition coefficient (Wildman–Crippen LogP) is 2.46. The molecule has 2 saturated carbocycles. The van der Waals surface area contributed by atoms with E-state index in [0.717, 1.165) is 19.3 Å². The minimum Gasteiger partial charge on any atom is -0.481 e. The molecule has 0 radical (unpaired) electrons. The van der Waals surface area contributed by atoms with E-state index in [1.54, 1.807) is 0 Å². The van der Waals surface area contributed by atoms with Crippen LogP contribution in [0.4, 0.5) is 4.79 Å². The van der Waals surface area contributed by atoms with E-state index in [1.807, 2.05) is 11.9 Å². The van der Waals surface area contributed by atoms with Gasteiger partial charge in [0, 0.05) is 19.1 Å². The molecular formula is C15H26N2O3. The Labute approximate surface area is 120 Å². The van der Waals surface area contributed by atoms with Crippen molar-refractivity contribution in [3.05, 3.63) is 0 Å². The van der Waals surface area contributed by atoms with Gasteiger partial charge in [0.15, 0.2) is 0 Å². The van der Waals surface area contributed by atoms with E-state index in [4.69, 9.17) is 5.11 Å². The number of rotatable bonds is 3. The number of amides is 2. The maximum atomic E-state index is 12.2. The zero-order valence-corrected chi connectivity index (χ0v) is 12.5. The molecule has 0 bridgehead atoms. The number of hydrogen-bond donors (Lipinski definition) is 2. The first-order valence-electron chi connectivity index (χ1n) is 7.73. The molecule has 2 aliphatic carbocycles. The van der Waals surface area contributed by atoms with Gasteiger partial charge in [-0.2, -0.15) is 0 Å². The number of carbonyl (C=O) groups is 2. The molecule has 2 N–H and O–H groups in total. The molecule has 5 nitrogen and oxygen atoms in total. The van der Waals surface area contributed by atoms with Gasteiger partial charge in [0.1, 0.15) is 0 Å². The van der Waals surface area contributed by atoms with Gasteiger partial charge < -0.3 is 15.3 Å². The van der Waals surface area contributed by atoms with E-state index >= 15 is 0 Å². The topological polar surface area (TPSA) is 69.6 Å². The molecule has 0 heterocycles. The fourth-order valence-corrected chi connectivity index (χ4v) is 3.53. The summed E-state index contributed by atoms with van der Waals surface area (Å²) in [6.07, 6.45) is 6.61. The fourth-order valence-electron chi connectivity index (χ4n) is 3.53. The lowest BCUT2D eigenvalue weighted by molar-refractivity contribution is -0.141. The molecule has 0 saturated heterocycles. The highest BCUT2D eigenvalue weighted by Gasteiger charge is 2.32. The summed E-state index contributed by atoms with van der Waals surface area (Å²) in [7, 11) is 1.86. The Bertz CT molecular complexity index is 372. The van der Waals surface area contributed by atoms with Crippen LogP contribution in [-0.2, 0) is 4.79 Å². The maximum Gasteiger partial charge on any atom is 0.317 e. The van der Waals surface area contributed by atoms with Crippen molar-refractivity contribution in [2.45, 2.75) is 64.0 Å². The van der Waals surface area contributed by atoms with Crippen LogP contribution in [0.3, 0.4) is 0 Å². The summed E-state index contributed by atoms with van der Waals surface area (Å²) in [4.78, 5) is 25.0. The van der Waals surface area contributed by atoms with E-state index in [-0.39, 0.29) is 18.0 Å². The number of hydrogen-bond acceptors (Lipinski definition) is 2. The molecule has 2 aliphatic rings. The second kappa shape index (κ2) is 6.46. The third kappa shape index (κ3) is 3.64. The molecule has 2 amide bonds. The lowest BCUT2D eigenvalue weighted by Gasteiger charge is -2.34. The van der Waals surface area contributed by atoms with Gasteiger partial charge in [-0.15, -0.1) is 0 Å². The van der Waals surface area contributed by atoms with Crippen LogP contribution in [0.1, 0.15) is 51.9 Å². The molecule has 0 aliphatic heterocycles. The van der Waals surface area contributed by atoms with Gasteiger partial charge in [0.2, 0.25) is 0 Å². The first-order valence-corrected chi connectivity index (χ1v) is 7.73. The molecule has 2 fully saturated rings. The lowest BCUT2D eigenvalue weighted by Crippen LogP contribution is -2.48. The van der Waals surface area contributed by atoms with Crippen molar-refractivity contribution in [2.75, 3.05) is 7.05 Å². The van der Waals surface area contributed by atoms with Crippen molar-refractivity contribution in [3.8, 4) is 0 Å². The van der Waals surface area contributed by atoms with Crippen molar-refractivity contribution in [3.63, 3.8) is 0 Å². The van der Waals surface area contributed by atoms with Crippen LogP contribution in [0.15, 0.2) is 0 Å². The third-order valence-corrected chi connectivity index (χ3v) is 4.89. The number of nitrogens with one attached hydrogen (secondary N) is 1. The number of carboxylic acid groups (broad SMARTS) is 1. The van der Waals surface area contributed by atoms with Crippen LogP contribution in [0.25, 0.3) is 0 Å². The average molecular weight is 282 g/mol. The van der Waals surface area contributed by atoms with Crippen molar-refractivity contribution < 1.29 is 14.7 Å². The molecule has 0 aromatic rings. The van der Waals surface area contributed by atoms with Gasteiger partial charge in [-0.1, -0.05) is 19.8 Å². The zero-order chi connectivity index (χ0) is 14.7. The SMILES string of the molecule is CC1CCCC(N(C)C(=O)NC2CCC(C(=O)O)C2)C1. The van der Waals surface area contributed by atoms with Crippen LogP contribution >= 0.6 is 0 Å². The second-order valence-electron chi connectivity index (χ2n) is 6.53. The highest BCUT2D eigenvalue weighted by atomic mass is 16.4. The normalized spacial score (nSPS) is 33.7. The second-order valence-corrected chi connectivity index (χ2v) is 6.53. The summed E-state index contributed by atoms with van der Waals surface area (Å²) < 4.78 is 0. The predicted molar refractivity (Wildman–Crippen MR) is 76.5 cm³/mol. The zero-order valence-electron chi connectivity index (χ0n) is 12.5. The maximum absolute atomic E-state index is 12.2. The highest BCUT2D eigenvalue weighted by molar-refractivity contribution is 5.75. The Morgan fingerprint density at radius 1 is 1.15 bits per heavy atom. The summed E-state index contributed by atoms with van der Waals surface area (Å²) in [5.41, 5.74) is 0. The molecule has 2 rings (SSSR count). The average Bonchev–Trinajstić information content (AvgIpc) is 2.86.